The second-order valence-electron chi connectivity index (χ2n) is 4.68. The number of carboxylic acid groups (broad SMARTS) is 1. The molecule has 1 N–H and O–H groups in total. The van der Waals surface area contributed by atoms with E-state index in [0.717, 1.165) is 9.58 Å². The maximum Gasteiger partial charge on any atom is 0.437 e. The second-order valence-corrected chi connectivity index (χ2v) is 4.68. The number of aromatic nitrogens is 2. The van der Waals surface area contributed by atoms with Crippen LogP contribution in [0, 0.1) is 0 Å². The Morgan fingerprint density at radius 3 is 2.47 bits per heavy atom. The molecule has 1 heterocycles. The van der Waals surface area contributed by atoms with Crippen LogP contribution in [0.4, 0.5) is 9.59 Å². The Labute approximate surface area is 110 Å². The standard InChI is InChI=1S/C11H16N4O4/c1-11(2,3)19-9(16)13-8(14(4)10(17)18)15-7-5-6-12-15/h5-7H,1-4H3,(H,17,18)/b13-8+. The number of rotatable bonds is 0. The summed E-state index contributed by atoms with van der Waals surface area (Å²) >= 11 is 0. The van der Waals surface area contributed by atoms with Gasteiger partial charge in [-0.2, -0.15) is 5.10 Å². The van der Waals surface area contributed by atoms with Crippen molar-refractivity contribution in [2.45, 2.75) is 26.4 Å². The van der Waals surface area contributed by atoms with Gasteiger partial charge in [0.25, 0.3) is 0 Å². The number of carbonyl (C=O) groups is 2. The number of hydrogen-bond donors (Lipinski definition) is 1. The molecule has 8 heteroatoms. The molecule has 0 atom stereocenters. The van der Waals surface area contributed by atoms with Gasteiger partial charge in [-0.15, -0.1) is 4.99 Å². The molecule has 2 amide bonds. The highest BCUT2D eigenvalue weighted by Gasteiger charge is 2.21. The first-order valence-corrected chi connectivity index (χ1v) is 5.49. The van der Waals surface area contributed by atoms with Crippen LogP contribution in [0.3, 0.4) is 0 Å². The summed E-state index contributed by atoms with van der Waals surface area (Å²) in [6.45, 7) is 5.07. The average molecular weight is 268 g/mol. The van der Waals surface area contributed by atoms with Crippen LogP contribution in [0.5, 0.6) is 0 Å². The Bertz CT molecular complexity index is 487. The van der Waals surface area contributed by atoms with Gasteiger partial charge in [0.1, 0.15) is 5.60 Å². The van der Waals surface area contributed by atoms with Gasteiger partial charge in [-0.25, -0.2) is 19.2 Å². The first-order valence-electron chi connectivity index (χ1n) is 5.49. The van der Waals surface area contributed by atoms with Crippen LogP contribution < -0.4 is 0 Å². The molecule has 0 spiro atoms. The lowest BCUT2D eigenvalue weighted by atomic mass is 10.2. The molecule has 0 saturated carbocycles. The summed E-state index contributed by atoms with van der Waals surface area (Å²) in [6, 6.07) is 1.58. The van der Waals surface area contributed by atoms with Crippen molar-refractivity contribution in [2.75, 3.05) is 7.05 Å². The number of carbonyl (C=O) groups excluding carboxylic acids is 1. The van der Waals surface area contributed by atoms with Gasteiger partial charge in [0.15, 0.2) is 0 Å². The molecular weight excluding hydrogens is 252 g/mol. The highest BCUT2D eigenvalue weighted by Crippen LogP contribution is 2.08. The zero-order valence-electron chi connectivity index (χ0n) is 11.2. The molecule has 19 heavy (non-hydrogen) atoms. The Morgan fingerprint density at radius 1 is 1.42 bits per heavy atom. The number of amides is 2. The van der Waals surface area contributed by atoms with E-state index in [2.05, 4.69) is 10.1 Å². The van der Waals surface area contributed by atoms with Gasteiger partial charge < -0.3 is 9.84 Å². The number of ether oxygens (including phenoxy) is 1. The van der Waals surface area contributed by atoms with E-state index in [4.69, 9.17) is 9.84 Å². The van der Waals surface area contributed by atoms with Crippen molar-refractivity contribution in [3.8, 4) is 0 Å². The number of nitrogens with zero attached hydrogens (tertiary/aromatic N) is 4. The summed E-state index contributed by atoms with van der Waals surface area (Å²) in [6.07, 6.45) is 0.770. The molecule has 8 nitrogen and oxygen atoms in total. The second kappa shape index (κ2) is 5.51. The minimum Gasteiger partial charge on any atom is -0.465 e. The molecule has 0 aliphatic rings. The Hall–Kier alpha value is -2.38. The fourth-order valence-corrected chi connectivity index (χ4v) is 1.12. The van der Waals surface area contributed by atoms with Crippen LogP contribution in [0.1, 0.15) is 20.8 Å². The molecule has 0 fully saturated rings. The van der Waals surface area contributed by atoms with Crippen molar-refractivity contribution >= 4 is 18.1 Å². The minimum absolute atomic E-state index is 0.160. The zero-order valence-corrected chi connectivity index (χ0v) is 11.2. The highest BCUT2D eigenvalue weighted by atomic mass is 16.6. The molecule has 0 radical (unpaired) electrons. The summed E-state index contributed by atoms with van der Waals surface area (Å²) in [4.78, 5) is 27.0. The maximum atomic E-state index is 11.6. The lowest BCUT2D eigenvalue weighted by Crippen LogP contribution is -2.38. The summed E-state index contributed by atoms with van der Waals surface area (Å²) in [5, 5.41) is 12.8. The minimum atomic E-state index is -1.27. The van der Waals surface area contributed by atoms with E-state index in [9.17, 15) is 9.59 Å². The van der Waals surface area contributed by atoms with Crippen molar-refractivity contribution in [3.05, 3.63) is 18.5 Å². The van der Waals surface area contributed by atoms with Crippen LogP contribution in [0.15, 0.2) is 23.5 Å². The zero-order chi connectivity index (χ0) is 14.6. The molecule has 104 valence electrons. The van der Waals surface area contributed by atoms with Gasteiger partial charge in [0, 0.05) is 19.4 Å². The Morgan fingerprint density at radius 2 is 2.05 bits per heavy atom. The lowest BCUT2D eigenvalue weighted by Gasteiger charge is -2.19. The molecule has 0 aromatic carbocycles. The van der Waals surface area contributed by atoms with E-state index in [-0.39, 0.29) is 5.96 Å². The third kappa shape index (κ3) is 4.41. The summed E-state index contributed by atoms with van der Waals surface area (Å²) in [7, 11) is 1.26. The van der Waals surface area contributed by atoms with Gasteiger partial charge in [0.2, 0.25) is 5.96 Å². The molecule has 0 unspecified atom stereocenters. The maximum absolute atomic E-state index is 11.6. The van der Waals surface area contributed by atoms with Crippen LogP contribution in [-0.4, -0.2) is 50.6 Å². The summed E-state index contributed by atoms with van der Waals surface area (Å²) in [5.41, 5.74) is -0.711. The first-order chi connectivity index (χ1) is 8.70. The monoisotopic (exact) mass is 268 g/mol. The fraction of sp³-hybridized carbons (Fsp3) is 0.455. The number of aliphatic imine (C=N–C) groups is 1. The average Bonchev–Trinajstić information content (AvgIpc) is 2.75. The normalized spacial score (nSPS) is 12.1. The van der Waals surface area contributed by atoms with Gasteiger partial charge in [0.05, 0.1) is 0 Å². The van der Waals surface area contributed by atoms with Crippen LogP contribution in [0.2, 0.25) is 0 Å². The SMILES string of the molecule is CN(C(=O)O)/C(=N\C(=O)OC(C)(C)C)n1cccn1. The predicted octanol–water partition coefficient (Wildman–Crippen LogP) is 1.63. The third-order valence-corrected chi connectivity index (χ3v) is 1.88. The summed E-state index contributed by atoms with van der Waals surface area (Å²) in [5.74, 6) is -0.160. The van der Waals surface area contributed by atoms with Crippen molar-refractivity contribution in [3.63, 3.8) is 0 Å². The lowest BCUT2D eigenvalue weighted by molar-refractivity contribution is 0.0601. The smallest absolute Gasteiger partial charge is 0.437 e. The molecule has 0 aliphatic carbocycles. The van der Waals surface area contributed by atoms with Crippen molar-refractivity contribution < 1.29 is 19.4 Å². The number of hydrogen-bond acceptors (Lipinski definition) is 4. The third-order valence-electron chi connectivity index (χ3n) is 1.88. The van der Waals surface area contributed by atoms with E-state index in [1.165, 1.54) is 19.4 Å². The summed E-state index contributed by atoms with van der Waals surface area (Å²) < 4.78 is 6.17. The topological polar surface area (TPSA) is 97.0 Å². The van der Waals surface area contributed by atoms with Gasteiger partial charge in [-0.1, -0.05) is 0 Å². The van der Waals surface area contributed by atoms with Crippen molar-refractivity contribution in [2.24, 2.45) is 4.99 Å². The molecule has 1 rings (SSSR count). The van der Waals surface area contributed by atoms with Crippen LogP contribution >= 0.6 is 0 Å². The molecule has 1 aromatic rings. The Balaban J connectivity index is 3.04. The Kier molecular flexibility index (Phi) is 4.26. The molecule has 0 aliphatic heterocycles. The first kappa shape index (κ1) is 14.7. The van der Waals surface area contributed by atoms with E-state index >= 15 is 0 Å². The van der Waals surface area contributed by atoms with E-state index < -0.39 is 17.8 Å². The van der Waals surface area contributed by atoms with Crippen molar-refractivity contribution in [1.29, 1.82) is 0 Å². The molecular formula is C11H16N4O4. The molecule has 0 saturated heterocycles. The molecule has 1 aromatic heterocycles. The van der Waals surface area contributed by atoms with Gasteiger partial charge in [-0.05, 0) is 26.8 Å². The molecule has 0 bridgehead atoms. The highest BCUT2D eigenvalue weighted by molar-refractivity contribution is 5.98. The van der Waals surface area contributed by atoms with E-state index in [1.807, 2.05) is 0 Å². The van der Waals surface area contributed by atoms with Crippen LogP contribution in [0.25, 0.3) is 0 Å². The largest absolute Gasteiger partial charge is 0.465 e. The van der Waals surface area contributed by atoms with Gasteiger partial charge >= 0.3 is 12.2 Å². The van der Waals surface area contributed by atoms with E-state index in [1.54, 1.807) is 26.8 Å². The predicted molar refractivity (Wildman–Crippen MR) is 67.1 cm³/mol. The van der Waals surface area contributed by atoms with Crippen LogP contribution in [-0.2, 0) is 4.74 Å². The fourth-order valence-electron chi connectivity index (χ4n) is 1.12. The van der Waals surface area contributed by atoms with E-state index in [0.29, 0.717) is 0 Å². The van der Waals surface area contributed by atoms with Gasteiger partial charge in [-0.3, -0.25) is 0 Å². The quantitative estimate of drug-likeness (QED) is 0.569. The van der Waals surface area contributed by atoms with Crippen molar-refractivity contribution in [1.82, 2.24) is 14.7 Å².